The summed E-state index contributed by atoms with van der Waals surface area (Å²) in [6.07, 6.45) is 3.76. The number of likely N-dealkylation sites (N-methyl/N-ethyl adjacent to an activating group) is 1. The summed E-state index contributed by atoms with van der Waals surface area (Å²) in [5.74, 6) is -0.698. The molecule has 2 atom stereocenters. The lowest BCUT2D eigenvalue weighted by atomic mass is 9.87. The summed E-state index contributed by atoms with van der Waals surface area (Å²) in [7, 11) is 1.79. The van der Waals surface area contributed by atoms with Crippen LogP contribution in [-0.4, -0.2) is 43.6 Å². The van der Waals surface area contributed by atoms with Crippen molar-refractivity contribution in [3.8, 4) is 0 Å². The van der Waals surface area contributed by atoms with E-state index in [4.69, 9.17) is 9.47 Å². The zero-order valence-electron chi connectivity index (χ0n) is 13.5. The molecule has 5 heteroatoms. The SMILES string of the molecule is CN(C(=O)COC(=O)C1CCOC1)C1CCCc2ccccc21. The molecule has 5 nitrogen and oxygen atoms in total. The van der Waals surface area contributed by atoms with E-state index in [1.807, 2.05) is 12.1 Å². The normalized spacial score (nSPS) is 23.2. The van der Waals surface area contributed by atoms with Gasteiger partial charge in [0.2, 0.25) is 0 Å². The lowest BCUT2D eigenvalue weighted by Crippen LogP contribution is -2.36. The van der Waals surface area contributed by atoms with Gasteiger partial charge in [0.25, 0.3) is 5.91 Å². The minimum Gasteiger partial charge on any atom is -0.455 e. The first kappa shape index (κ1) is 16.0. The highest BCUT2D eigenvalue weighted by Gasteiger charge is 2.29. The highest BCUT2D eigenvalue weighted by atomic mass is 16.5. The Bertz CT molecular complexity index is 580. The third-order valence-electron chi connectivity index (χ3n) is 4.80. The summed E-state index contributed by atoms with van der Waals surface area (Å²) in [5, 5.41) is 0. The van der Waals surface area contributed by atoms with Crippen molar-refractivity contribution in [2.45, 2.75) is 31.7 Å². The Balaban J connectivity index is 1.58. The zero-order valence-corrected chi connectivity index (χ0v) is 13.5. The molecule has 1 aliphatic heterocycles. The molecular weight excluding hydrogens is 294 g/mol. The van der Waals surface area contributed by atoms with Gasteiger partial charge < -0.3 is 14.4 Å². The second-order valence-corrected chi connectivity index (χ2v) is 6.28. The highest BCUT2D eigenvalue weighted by Crippen LogP contribution is 2.33. The number of aryl methyl sites for hydroxylation is 1. The minimum atomic E-state index is -0.326. The van der Waals surface area contributed by atoms with Gasteiger partial charge in [-0.25, -0.2) is 0 Å². The molecule has 2 unspecified atom stereocenters. The zero-order chi connectivity index (χ0) is 16.2. The van der Waals surface area contributed by atoms with Crippen molar-refractivity contribution in [3.05, 3.63) is 35.4 Å². The monoisotopic (exact) mass is 317 g/mol. The van der Waals surface area contributed by atoms with E-state index in [-0.39, 0.29) is 30.4 Å². The van der Waals surface area contributed by atoms with Crippen LogP contribution >= 0.6 is 0 Å². The predicted molar refractivity (Wildman–Crippen MR) is 84.8 cm³/mol. The van der Waals surface area contributed by atoms with Gasteiger partial charge in [-0.2, -0.15) is 0 Å². The van der Waals surface area contributed by atoms with Crippen LogP contribution in [0.4, 0.5) is 0 Å². The number of rotatable bonds is 4. The predicted octanol–water partition coefficient (Wildman–Crippen LogP) is 2.10. The van der Waals surface area contributed by atoms with Crippen molar-refractivity contribution in [2.24, 2.45) is 5.92 Å². The summed E-state index contributed by atoms with van der Waals surface area (Å²) in [6, 6.07) is 8.33. The number of hydrogen-bond donors (Lipinski definition) is 0. The quantitative estimate of drug-likeness (QED) is 0.798. The van der Waals surface area contributed by atoms with Crippen LogP contribution in [0.3, 0.4) is 0 Å². The highest BCUT2D eigenvalue weighted by molar-refractivity contribution is 5.81. The molecule has 1 saturated heterocycles. The topological polar surface area (TPSA) is 55.8 Å². The molecule has 0 radical (unpaired) electrons. The largest absolute Gasteiger partial charge is 0.455 e. The number of fused-ring (bicyclic) bond motifs is 1. The molecule has 1 aliphatic carbocycles. The van der Waals surface area contributed by atoms with Crippen molar-refractivity contribution in [2.75, 3.05) is 26.9 Å². The molecule has 1 amide bonds. The number of benzene rings is 1. The van der Waals surface area contributed by atoms with Gasteiger partial charge in [-0.1, -0.05) is 24.3 Å². The van der Waals surface area contributed by atoms with Crippen LogP contribution in [0.5, 0.6) is 0 Å². The number of ether oxygens (including phenoxy) is 2. The van der Waals surface area contributed by atoms with Crippen LogP contribution in [0.25, 0.3) is 0 Å². The minimum absolute atomic E-state index is 0.0703. The van der Waals surface area contributed by atoms with Gasteiger partial charge in [-0.15, -0.1) is 0 Å². The molecule has 23 heavy (non-hydrogen) atoms. The molecule has 124 valence electrons. The Morgan fingerprint density at radius 2 is 2.13 bits per heavy atom. The van der Waals surface area contributed by atoms with Gasteiger partial charge in [0, 0.05) is 13.7 Å². The molecule has 3 rings (SSSR count). The number of amides is 1. The van der Waals surface area contributed by atoms with Gasteiger partial charge in [-0.3, -0.25) is 9.59 Å². The summed E-state index contributed by atoms with van der Waals surface area (Å²) in [4.78, 5) is 26.0. The van der Waals surface area contributed by atoms with Crippen molar-refractivity contribution in [3.63, 3.8) is 0 Å². The fraction of sp³-hybridized carbons (Fsp3) is 0.556. The summed E-state index contributed by atoms with van der Waals surface area (Å²) < 4.78 is 10.3. The maximum atomic E-state index is 12.4. The average Bonchev–Trinajstić information content (AvgIpc) is 3.13. The standard InChI is InChI=1S/C18H23NO4/c1-19(16-8-4-6-13-5-2-3-7-15(13)16)17(20)12-23-18(21)14-9-10-22-11-14/h2-3,5,7,14,16H,4,6,8-12H2,1H3. The number of nitrogens with zero attached hydrogens (tertiary/aromatic N) is 1. The number of carbonyl (C=O) groups is 2. The molecule has 0 N–H and O–H groups in total. The Morgan fingerprint density at radius 1 is 1.30 bits per heavy atom. The van der Waals surface area contributed by atoms with E-state index in [0.29, 0.717) is 19.6 Å². The number of esters is 1. The Labute approximate surface area is 136 Å². The molecule has 1 aromatic rings. The third kappa shape index (κ3) is 3.55. The van der Waals surface area contributed by atoms with Crippen molar-refractivity contribution in [1.29, 1.82) is 0 Å². The second-order valence-electron chi connectivity index (χ2n) is 6.28. The van der Waals surface area contributed by atoms with Crippen LogP contribution < -0.4 is 0 Å². The maximum Gasteiger partial charge on any atom is 0.311 e. The van der Waals surface area contributed by atoms with Gasteiger partial charge >= 0.3 is 5.97 Å². The van der Waals surface area contributed by atoms with E-state index in [0.717, 1.165) is 19.3 Å². The van der Waals surface area contributed by atoms with Crippen molar-refractivity contribution in [1.82, 2.24) is 4.90 Å². The summed E-state index contributed by atoms with van der Waals surface area (Å²) >= 11 is 0. The fourth-order valence-corrected chi connectivity index (χ4v) is 3.38. The van der Waals surface area contributed by atoms with Gasteiger partial charge in [0.15, 0.2) is 6.61 Å². The van der Waals surface area contributed by atoms with Crippen LogP contribution in [0.2, 0.25) is 0 Å². The molecule has 1 aromatic carbocycles. The fourth-order valence-electron chi connectivity index (χ4n) is 3.38. The molecule has 1 heterocycles. The third-order valence-corrected chi connectivity index (χ3v) is 4.80. The second kappa shape index (κ2) is 7.13. The average molecular weight is 317 g/mol. The van der Waals surface area contributed by atoms with Gasteiger partial charge in [0.05, 0.1) is 18.6 Å². The van der Waals surface area contributed by atoms with Gasteiger partial charge in [0.1, 0.15) is 0 Å². The lowest BCUT2D eigenvalue weighted by Gasteiger charge is -2.33. The smallest absolute Gasteiger partial charge is 0.311 e. The van der Waals surface area contributed by atoms with Gasteiger partial charge in [-0.05, 0) is 36.8 Å². The Kier molecular flexibility index (Phi) is 4.96. The first-order chi connectivity index (χ1) is 11.2. The van der Waals surface area contributed by atoms with E-state index in [9.17, 15) is 9.59 Å². The van der Waals surface area contributed by atoms with E-state index >= 15 is 0 Å². The number of carbonyl (C=O) groups excluding carboxylic acids is 2. The van der Waals surface area contributed by atoms with Crippen molar-refractivity contribution < 1.29 is 19.1 Å². The molecule has 0 bridgehead atoms. The van der Waals surface area contributed by atoms with Crippen molar-refractivity contribution >= 4 is 11.9 Å². The Hall–Kier alpha value is -1.88. The maximum absolute atomic E-state index is 12.4. The Morgan fingerprint density at radius 3 is 2.91 bits per heavy atom. The molecule has 0 spiro atoms. The molecule has 0 saturated carbocycles. The lowest BCUT2D eigenvalue weighted by molar-refractivity contribution is -0.155. The van der Waals surface area contributed by atoms with Crippen LogP contribution in [0.15, 0.2) is 24.3 Å². The van der Waals surface area contributed by atoms with E-state index in [1.54, 1.807) is 11.9 Å². The van der Waals surface area contributed by atoms with E-state index in [1.165, 1.54) is 11.1 Å². The van der Waals surface area contributed by atoms with E-state index < -0.39 is 0 Å². The van der Waals surface area contributed by atoms with Crippen LogP contribution in [0.1, 0.15) is 36.4 Å². The van der Waals surface area contributed by atoms with Crippen LogP contribution in [-0.2, 0) is 25.5 Å². The molecule has 2 aliphatic rings. The van der Waals surface area contributed by atoms with E-state index in [2.05, 4.69) is 12.1 Å². The summed E-state index contributed by atoms with van der Waals surface area (Å²) in [5.41, 5.74) is 2.52. The number of hydrogen-bond acceptors (Lipinski definition) is 4. The van der Waals surface area contributed by atoms with Crippen LogP contribution in [0, 0.1) is 5.92 Å². The molecule has 1 fully saturated rings. The molecular formula is C18H23NO4. The summed E-state index contributed by atoms with van der Waals surface area (Å²) in [6.45, 7) is 0.801. The first-order valence-corrected chi connectivity index (χ1v) is 8.24. The molecule has 0 aromatic heterocycles. The first-order valence-electron chi connectivity index (χ1n) is 8.24.